The summed E-state index contributed by atoms with van der Waals surface area (Å²) < 4.78 is 31.7. The van der Waals surface area contributed by atoms with Crippen LogP contribution in [-0.4, -0.2) is 5.11 Å². The lowest BCUT2D eigenvalue weighted by atomic mass is 10.1. The average molecular weight is 278 g/mol. The van der Waals surface area contributed by atoms with Gasteiger partial charge in [0.1, 0.15) is 24.0 Å². The Bertz CT molecular complexity index is 589. The van der Waals surface area contributed by atoms with Gasteiger partial charge in [-0.2, -0.15) is 0 Å². The van der Waals surface area contributed by atoms with E-state index in [9.17, 15) is 13.9 Å². The molecule has 0 spiro atoms. The molecule has 0 aliphatic rings. The molecule has 1 atom stereocenters. The molecule has 0 saturated carbocycles. The second kappa shape index (κ2) is 6.01. The highest BCUT2D eigenvalue weighted by Gasteiger charge is 2.06. The fraction of sp³-hybridized carbons (Fsp3) is 0.250. The number of aliphatic hydroxyl groups excluding tert-OH is 1. The van der Waals surface area contributed by atoms with Crippen molar-refractivity contribution >= 4 is 0 Å². The lowest BCUT2D eigenvalue weighted by Gasteiger charge is -2.12. The van der Waals surface area contributed by atoms with Crippen molar-refractivity contribution in [3.63, 3.8) is 0 Å². The Kier molecular flexibility index (Phi) is 4.35. The van der Waals surface area contributed by atoms with Gasteiger partial charge < -0.3 is 9.84 Å². The number of aliphatic hydroxyl groups is 1. The number of hydrogen-bond acceptors (Lipinski definition) is 2. The smallest absolute Gasteiger partial charge is 0.126 e. The van der Waals surface area contributed by atoms with Crippen molar-refractivity contribution in [2.45, 2.75) is 26.6 Å². The van der Waals surface area contributed by atoms with Gasteiger partial charge in [0.15, 0.2) is 0 Å². The largest absolute Gasteiger partial charge is 0.489 e. The van der Waals surface area contributed by atoms with E-state index >= 15 is 0 Å². The van der Waals surface area contributed by atoms with E-state index < -0.39 is 17.7 Å². The summed E-state index contributed by atoms with van der Waals surface area (Å²) in [6.45, 7) is 3.63. The molecule has 0 saturated heterocycles. The molecule has 0 bridgehead atoms. The quantitative estimate of drug-likeness (QED) is 0.919. The molecule has 2 aromatic rings. The molecule has 2 nitrogen and oxygen atoms in total. The van der Waals surface area contributed by atoms with Gasteiger partial charge in [0.25, 0.3) is 0 Å². The second-order valence-corrected chi connectivity index (χ2v) is 4.77. The summed E-state index contributed by atoms with van der Waals surface area (Å²) in [6, 6.07) is 8.63. The normalized spacial score (nSPS) is 12.2. The highest BCUT2D eigenvalue weighted by molar-refractivity contribution is 5.37. The van der Waals surface area contributed by atoms with Crippen molar-refractivity contribution in [2.75, 3.05) is 0 Å². The average Bonchev–Trinajstić information content (AvgIpc) is 2.36. The summed E-state index contributed by atoms with van der Waals surface area (Å²) in [7, 11) is 0. The fourth-order valence-corrected chi connectivity index (χ4v) is 1.95. The SMILES string of the molecule is Cc1cc([C@H](C)O)ccc1OCc1cc(F)cc(F)c1. The summed E-state index contributed by atoms with van der Waals surface area (Å²) in [5.74, 6) is -0.617. The molecule has 0 aliphatic heterocycles. The van der Waals surface area contributed by atoms with E-state index in [1.165, 1.54) is 12.1 Å². The van der Waals surface area contributed by atoms with Crippen molar-refractivity contribution in [1.29, 1.82) is 0 Å². The molecule has 0 aliphatic carbocycles. The van der Waals surface area contributed by atoms with Gasteiger partial charge in [-0.3, -0.25) is 0 Å². The Hall–Kier alpha value is -1.94. The minimum atomic E-state index is -0.621. The number of aryl methyl sites for hydroxylation is 1. The lowest BCUT2D eigenvalue weighted by Crippen LogP contribution is -2.00. The summed E-state index contributed by atoms with van der Waals surface area (Å²) in [5.41, 5.74) is 2.09. The first-order valence-corrected chi connectivity index (χ1v) is 6.32. The van der Waals surface area contributed by atoms with Crippen LogP contribution in [0.1, 0.15) is 29.7 Å². The number of benzene rings is 2. The minimum Gasteiger partial charge on any atom is -0.489 e. The molecule has 2 aromatic carbocycles. The first-order valence-electron chi connectivity index (χ1n) is 6.32. The highest BCUT2D eigenvalue weighted by Crippen LogP contribution is 2.23. The zero-order valence-corrected chi connectivity index (χ0v) is 11.4. The zero-order chi connectivity index (χ0) is 14.7. The minimum absolute atomic E-state index is 0.0869. The summed E-state index contributed by atoms with van der Waals surface area (Å²) in [6.07, 6.45) is -0.542. The molecule has 20 heavy (non-hydrogen) atoms. The number of rotatable bonds is 4. The highest BCUT2D eigenvalue weighted by atomic mass is 19.1. The molecular weight excluding hydrogens is 262 g/mol. The topological polar surface area (TPSA) is 29.5 Å². The molecule has 0 amide bonds. The predicted molar refractivity (Wildman–Crippen MR) is 72.5 cm³/mol. The van der Waals surface area contributed by atoms with Crippen LogP contribution in [0.15, 0.2) is 36.4 Å². The van der Waals surface area contributed by atoms with Crippen molar-refractivity contribution in [3.8, 4) is 5.75 Å². The summed E-state index contributed by atoms with van der Waals surface area (Å²) >= 11 is 0. The van der Waals surface area contributed by atoms with Crippen molar-refractivity contribution in [2.24, 2.45) is 0 Å². The van der Waals surface area contributed by atoms with Gasteiger partial charge in [-0.25, -0.2) is 8.78 Å². The van der Waals surface area contributed by atoms with Gasteiger partial charge in [-0.1, -0.05) is 6.07 Å². The van der Waals surface area contributed by atoms with Crippen LogP contribution in [0.25, 0.3) is 0 Å². The first kappa shape index (κ1) is 14.5. The maximum absolute atomic E-state index is 13.1. The van der Waals surface area contributed by atoms with Crippen LogP contribution in [-0.2, 0) is 6.61 Å². The van der Waals surface area contributed by atoms with Gasteiger partial charge >= 0.3 is 0 Å². The Labute approximate surface area is 116 Å². The van der Waals surface area contributed by atoms with Gasteiger partial charge in [0.05, 0.1) is 6.10 Å². The Morgan fingerprint density at radius 3 is 2.30 bits per heavy atom. The number of hydrogen-bond donors (Lipinski definition) is 1. The number of halogens is 2. The monoisotopic (exact) mass is 278 g/mol. The Balaban J connectivity index is 2.11. The van der Waals surface area contributed by atoms with Crippen LogP contribution in [0, 0.1) is 18.6 Å². The van der Waals surface area contributed by atoms with Crippen molar-refractivity contribution in [3.05, 3.63) is 64.7 Å². The third kappa shape index (κ3) is 3.54. The second-order valence-electron chi connectivity index (χ2n) is 4.77. The van der Waals surface area contributed by atoms with Gasteiger partial charge in [-0.15, -0.1) is 0 Å². The van der Waals surface area contributed by atoms with Crippen LogP contribution in [0.4, 0.5) is 8.78 Å². The Morgan fingerprint density at radius 1 is 1.10 bits per heavy atom. The van der Waals surface area contributed by atoms with Crippen LogP contribution < -0.4 is 4.74 Å². The zero-order valence-electron chi connectivity index (χ0n) is 11.4. The Morgan fingerprint density at radius 2 is 1.75 bits per heavy atom. The molecule has 2 rings (SSSR count). The van der Waals surface area contributed by atoms with Crippen molar-refractivity contribution < 1.29 is 18.6 Å². The first-order chi connectivity index (χ1) is 9.45. The summed E-state index contributed by atoms with van der Waals surface area (Å²) in [4.78, 5) is 0. The molecule has 1 N–H and O–H groups in total. The van der Waals surface area contributed by atoms with Crippen LogP contribution >= 0.6 is 0 Å². The molecule has 4 heteroatoms. The van der Waals surface area contributed by atoms with Gasteiger partial charge in [-0.05, 0) is 54.8 Å². The molecule has 0 aromatic heterocycles. The van der Waals surface area contributed by atoms with Crippen LogP contribution in [0.3, 0.4) is 0 Å². The van der Waals surface area contributed by atoms with Gasteiger partial charge in [0, 0.05) is 6.07 Å². The molecule has 106 valence electrons. The standard InChI is InChI=1S/C16H16F2O2/c1-10-5-13(11(2)19)3-4-16(10)20-9-12-6-14(17)8-15(18)7-12/h3-8,11,19H,9H2,1-2H3/t11-/m0/s1. The number of ether oxygens (including phenoxy) is 1. The van der Waals surface area contributed by atoms with E-state index in [-0.39, 0.29) is 6.61 Å². The fourth-order valence-electron chi connectivity index (χ4n) is 1.95. The lowest BCUT2D eigenvalue weighted by molar-refractivity contribution is 0.199. The maximum atomic E-state index is 13.1. The molecule has 0 unspecified atom stereocenters. The van der Waals surface area contributed by atoms with E-state index in [4.69, 9.17) is 4.74 Å². The van der Waals surface area contributed by atoms with E-state index in [1.807, 2.05) is 13.0 Å². The third-order valence-corrected chi connectivity index (χ3v) is 3.00. The van der Waals surface area contributed by atoms with Crippen LogP contribution in [0.5, 0.6) is 5.75 Å². The van der Waals surface area contributed by atoms with E-state index in [0.717, 1.165) is 17.2 Å². The van der Waals surface area contributed by atoms with E-state index in [2.05, 4.69) is 0 Å². The molecule has 0 radical (unpaired) electrons. The molecular formula is C16H16F2O2. The third-order valence-electron chi connectivity index (χ3n) is 3.00. The van der Waals surface area contributed by atoms with E-state index in [0.29, 0.717) is 11.3 Å². The molecule has 0 heterocycles. The van der Waals surface area contributed by atoms with E-state index in [1.54, 1.807) is 19.1 Å². The van der Waals surface area contributed by atoms with Crippen molar-refractivity contribution in [1.82, 2.24) is 0 Å². The van der Waals surface area contributed by atoms with Gasteiger partial charge in [0.2, 0.25) is 0 Å². The molecule has 0 fully saturated rings. The predicted octanol–water partition coefficient (Wildman–Crippen LogP) is 3.91. The van der Waals surface area contributed by atoms with Crippen LogP contribution in [0.2, 0.25) is 0 Å². The maximum Gasteiger partial charge on any atom is 0.126 e. The summed E-state index contributed by atoms with van der Waals surface area (Å²) in [5, 5.41) is 9.48.